The van der Waals surface area contributed by atoms with Crippen LogP contribution in [0.15, 0.2) is 16.6 Å². The van der Waals surface area contributed by atoms with Gasteiger partial charge in [0.15, 0.2) is 11.5 Å². The Balaban J connectivity index is 2.15. The molecule has 2 aliphatic rings. The Bertz CT molecular complexity index is 427. The number of halogens is 1. The lowest BCUT2D eigenvalue weighted by Gasteiger charge is -2.27. The summed E-state index contributed by atoms with van der Waals surface area (Å²) in [6.45, 7) is 3.62. The van der Waals surface area contributed by atoms with Crippen molar-refractivity contribution in [3.8, 4) is 11.5 Å². The van der Waals surface area contributed by atoms with Crippen molar-refractivity contribution in [3.05, 3.63) is 22.2 Å². The van der Waals surface area contributed by atoms with E-state index in [1.54, 1.807) is 0 Å². The number of fused-ring (bicyclic) bond motifs is 1. The van der Waals surface area contributed by atoms with Crippen LogP contribution in [0.1, 0.15) is 25.3 Å². The van der Waals surface area contributed by atoms with Crippen LogP contribution < -0.4 is 14.8 Å². The number of rotatable bonds is 1. The van der Waals surface area contributed by atoms with Gasteiger partial charge in [-0.25, -0.2) is 0 Å². The van der Waals surface area contributed by atoms with Gasteiger partial charge >= 0.3 is 0 Å². The van der Waals surface area contributed by atoms with Gasteiger partial charge < -0.3 is 14.8 Å². The first-order chi connectivity index (χ1) is 7.71. The number of hydrogen-bond acceptors (Lipinski definition) is 3. The molecule has 2 heterocycles. The number of benzene rings is 1. The monoisotopic (exact) mass is 283 g/mol. The summed E-state index contributed by atoms with van der Waals surface area (Å²) in [4.78, 5) is 0. The minimum atomic E-state index is -0.00211. The van der Waals surface area contributed by atoms with E-state index in [2.05, 4.69) is 28.2 Å². The lowest BCUT2D eigenvalue weighted by atomic mass is 9.89. The highest BCUT2D eigenvalue weighted by atomic mass is 79.9. The zero-order chi connectivity index (χ0) is 11.2. The highest BCUT2D eigenvalue weighted by molar-refractivity contribution is 9.10. The summed E-state index contributed by atoms with van der Waals surface area (Å²) >= 11 is 3.62. The zero-order valence-electron chi connectivity index (χ0n) is 9.18. The SMILES string of the molecule is CC1(c2c(Br)ccc3c2OCO3)CCCN1. The maximum absolute atomic E-state index is 5.60. The van der Waals surface area contributed by atoms with E-state index in [0.29, 0.717) is 6.79 Å². The summed E-state index contributed by atoms with van der Waals surface area (Å²) in [7, 11) is 0. The Hall–Kier alpha value is -0.740. The largest absolute Gasteiger partial charge is 0.454 e. The summed E-state index contributed by atoms with van der Waals surface area (Å²) < 4.78 is 12.1. The van der Waals surface area contributed by atoms with Gasteiger partial charge in [-0.2, -0.15) is 0 Å². The van der Waals surface area contributed by atoms with E-state index in [0.717, 1.165) is 28.9 Å². The van der Waals surface area contributed by atoms with E-state index in [9.17, 15) is 0 Å². The molecule has 1 aromatic rings. The predicted octanol–water partition coefficient (Wildman–Crippen LogP) is 2.78. The summed E-state index contributed by atoms with van der Waals surface area (Å²) in [5, 5.41) is 3.55. The quantitative estimate of drug-likeness (QED) is 0.860. The fourth-order valence-corrected chi connectivity index (χ4v) is 3.32. The molecule has 0 bridgehead atoms. The van der Waals surface area contributed by atoms with Crippen LogP contribution in [0, 0.1) is 0 Å². The summed E-state index contributed by atoms with van der Waals surface area (Å²) in [5.41, 5.74) is 1.19. The first-order valence-electron chi connectivity index (χ1n) is 5.54. The van der Waals surface area contributed by atoms with Crippen molar-refractivity contribution in [2.75, 3.05) is 13.3 Å². The Morgan fingerprint density at radius 3 is 3.00 bits per heavy atom. The molecule has 0 aromatic heterocycles. The highest BCUT2D eigenvalue weighted by Crippen LogP contribution is 2.47. The Morgan fingerprint density at radius 2 is 2.25 bits per heavy atom. The molecule has 0 saturated carbocycles. The summed E-state index contributed by atoms with van der Waals surface area (Å²) in [6.07, 6.45) is 2.33. The van der Waals surface area contributed by atoms with Crippen LogP contribution in [0.2, 0.25) is 0 Å². The van der Waals surface area contributed by atoms with Crippen LogP contribution in [0.5, 0.6) is 11.5 Å². The smallest absolute Gasteiger partial charge is 0.231 e. The second-order valence-electron chi connectivity index (χ2n) is 4.52. The Morgan fingerprint density at radius 1 is 1.38 bits per heavy atom. The first-order valence-corrected chi connectivity index (χ1v) is 6.34. The Labute approximate surface area is 103 Å². The lowest BCUT2D eigenvalue weighted by Crippen LogP contribution is -2.33. The second kappa shape index (κ2) is 3.64. The van der Waals surface area contributed by atoms with E-state index in [-0.39, 0.29) is 5.54 Å². The molecule has 1 unspecified atom stereocenters. The van der Waals surface area contributed by atoms with Gasteiger partial charge in [0.25, 0.3) is 0 Å². The van der Waals surface area contributed by atoms with E-state index in [1.807, 2.05) is 12.1 Å². The third kappa shape index (κ3) is 1.44. The predicted molar refractivity (Wildman–Crippen MR) is 64.9 cm³/mol. The standard InChI is InChI=1S/C12H14BrNO2/c1-12(5-2-6-14-12)10-8(13)3-4-9-11(10)16-7-15-9/h3-4,14H,2,5-7H2,1H3. The van der Waals surface area contributed by atoms with Crippen molar-refractivity contribution < 1.29 is 9.47 Å². The van der Waals surface area contributed by atoms with E-state index >= 15 is 0 Å². The van der Waals surface area contributed by atoms with Crippen LogP contribution in [0.4, 0.5) is 0 Å². The second-order valence-corrected chi connectivity index (χ2v) is 5.37. The molecule has 1 N–H and O–H groups in total. The van der Waals surface area contributed by atoms with Crippen molar-refractivity contribution in [3.63, 3.8) is 0 Å². The molecule has 86 valence electrons. The third-order valence-electron chi connectivity index (χ3n) is 3.41. The van der Waals surface area contributed by atoms with Crippen molar-refractivity contribution in [2.45, 2.75) is 25.3 Å². The van der Waals surface area contributed by atoms with Crippen LogP contribution in [0.3, 0.4) is 0 Å². The van der Waals surface area contributed by atoms with Gasteiger partial charge in [-0.05, 0) is 38.4 Å². The molecule has 1 fully saturated rings. The van der Waals surface area contributed by atoms with Crippen LogP contribution >= 0.6 is 15.9 Å². The minimum Gasteiger partial charge on any atom is -0.454 e. The molecule has 3 nitrogen and oxygen atoms in total. The maximum atomic E-state index is 5.60. The van der Waals surface area contributed by atoms with Crippen molar-refractivity contribution in [2.24, 2.45) is 0 Å². The fourth-order valence-electron chi connectivity index (χ4n) is 2.57. The van der Waals surface area contributed by atoms with Crippen molar-refractivity contribution >= 4 is 15.9 Å². The summed E-state index contributed by atoms with van der Waals surface area (Å²) in [6, 6.07) is 3.99. The highest BCUT2D eigenvalue weighted by Gasteiger charge is 2.37. The van der Waals surface area contributed by atoms with Crippen LogP contribution in [-0.2, 0) is 5.54 Å². The van der Waals surface area contributed by atoms with E-state index < -0.39 is 0 Å². The molecule has 1 atom stereocenters. The molecule has 3 rings (SSSR count). The Kier molecular flexibility index (Phi) is 2.37. The average molecular weight is 284 g/mol. The van der Waals surface area contributed by atoms with Crippen molar-refractivity contribution in [1.29, 1.82) is 0 Å². The van der Waals surface area contributed by atoms with Crippen LogP contribution in [-0.4, -0.2) is 13.3 Å². The van der Waals surface area contributed by atoms with Crippen molar-refractivity contribution in [1.82, 2.24) is 5.32 Å². The number of nitrogens with one attached hydrogen (secondary N) is 1. The minimum absolute atomic E-state index is 0.00211. The number of hydrogen-bond donors (Lipinski definition) is 1. The molecule has 4 heteroatoms. The molecule has 16 heavy (non-hydrogen) atoms. The normalized spacial score (nSPS) is 27.4. The molecule has 1 aromatic carbocycles. The molecular weight excluding hydrogens is 270 g/mol. The molecule has 0 radical (unpaired) electrons. The number of ether oxygens (including phenoxy) is 2. The molecule has 0 spiro atoms. The van der Waals surface area contributed by atoms with Gasteiger partial charge in [-0.1, -0.05) is 15.9 Å². The average Bonchev–Trinajstić information content (AvgIpc) is 2.86. The maximum Gasteiger partial charge on any atom is 0.231 e. The van der Waals surface area contributed by atoms with Gasteiger partial charge in [0, 0.05) is 15.6 Å². The van der Waals surface area contributed by atoms with Gasteiger partial charge in [-0.3, -0.25) is 0 Å². The fraction of sp³-hybridized carbons (Fsp3) is 0.500. The van der Waals surface area contributed by atoms with Crippen LogP contribution in [0.25, 0.3) is 0 Å². The molecular formula is C12H14BrNO2. The molecule has 1 saturated heterocycles. The lowest BCUT2D eigenvalue weighted by molar-refractivity contribution is 0.171. The first kappa shape index (κ1) is 10.4. The third-order valence-corrected chi connectivity index (χ3v) is 4.07. The zero-order valence-corrected chi connectivity index (χ0v) is 10.8. The van der Waals surface area contributed by atoms with E-state index in [4.69, 9.17) is 9.47 Å². The van der Waals surface area contributed by atoms with Gasteiger partial charge in [0.2, 0.25) is 6.79 Å². The molecule has 0 aliphatic carbocycles. The topological polar surface area (TPSA) is 30.5 Å². The molecule has 0 amide bonds. The van der Waals surface area contributed by atoms with Gasteiger partial charge in [0.1, 0.15) is 0 Å². The molecule has 2 aliphatic heterocycles. The van der Waals surface area contributed by atoms with Gasteiger partial charge in [-0.15, -0.1) is 0 Å². The van der Waals surface area contributed by atoms with Gasteiger partial charge in [0.05, 0.1) is 0 Å². The summed E-state index contributed by atoms with van der Waals surface area (Å²) in [5.74, 6) is 1.75. The van der Waals surface area contributed by atoms with E-state index in [1.165, 1.54) is 12.0 Å².